The molecule has 5 nitrogen and oxygen atoms in total. The standard InChI is InChI=1S/C18H18N2O3S/c1-2-3-8-20-17(22)14-7-6-12(10-15(14)18(20)23)16(21)19-11-13-5-4-9-24-13/h4-7,9-10H,2-3,8,11H2,1H3,(H,19,21). The lowest BCUT2D eigenvalue weighted by Gasteiger charge is -2.12. The van der Waals surface area contributed by atoms with E-state index in [9.17, 15) is 14.4 Å². The van der Waals surface area contributed by atoms with Gasteiger partial charge in [0.2, 0.25) is 0 Å². The average molecular weight is 342 g/mol. The first-order chi connectivity index (χ1) is 11.6. The fraction of sp³-hybridized carbons (Fsp3) is 0.278. The van der Waals surface area contributed by atoms with E-state index in [1.807, 2.05) is 24.4 Å². The molecule has 1 aromatic carbocycles. The predicted molar refractivity (Wildman–Crippen MR) is 92.2 cm³/mol. The summed E-state index contributed by atoms with van der Waals surface area (Å²) in [4.78, 5) is 39.3. The highest BCUT2D eigenvalue weighted by Gasteiger charge is 2.35. The van der Waals surface area contributed by atoms with Crippen molar-refractivity contribution in [2.24, 2.45) is 0 Å². The third-order valence-electron chi connectivity index (χ3n) is 3.97. The number of rotatable bonds is 6. The van der Waals surface area contributed by atoms with Crippen LogP contribution in [0.5, 0.6) is 0 Å². The molecule has 0 saturated heterocycles. The Labute approximate surface area is 144 Å². The number of hydrogen-bond donors (Lipinski definition) is 1. The number of nitrogens with one attached hydrogen (secondary N) is 1. The SMILES string of the molecule is CCCCN1C(=O)c2ccc(C(=O)NCc3cccs3)cc2C1=O. The van der Waals surface area contributed by atoms with Crippen molar-refractivity contribution in [1.29, 1.82) is 0 Å². The second-order valence-electron chi connectivity index (χ2n) is 5.64. The molecule has 124 valence electrons. The molecular formula is C18H18N2O3S. The Morgan fingerprint density at radius 3 is 2.67 bits per heavy atom. The molecule has 0 fully saturated rings. The second kappa shape index (κ2) is 6.97. The van der Waals surface area contributed by atoms with E-state index in [-0.39, 0.29) is 17.7 Å². The summed E-state index contributed by atoms with van der Waals surface area (Å²) in [5.41, 5.74) is 1.09. The lowest BCUT2D eigenvalue weighted by molar-refractivity contribution is 0.0652. The maximum absolute atomic E-state index is 12.4. The number of fused-ring (bicyclic) bond motifs is 1. The minimum atomic E-state index is -0.309. The topological polar surface area (TPSA) is 66.5 Å². The van der Waals surface area contributed by atoms with Crippen LogP contribution in [-0.2, 0) is 6.54 Å². The second-order valence-corrected chi connectivity index (χ2v) is 6.67. The zero-order valence-corrected chi connectivity index (χ0v) is 14.2. The first-order valence-corrected chi connectivity index (χ1v) is 8.80. The monoisotopic (exact) mass is 342 g/mol. The van der Waals surface area contributed by atoms with Gasteiger partial charge in [0.05, 0.1) is 17.7 Å². The summed E-state index contributed by atoms with van der Waals surface area (Å²) in [6.45, 7) is 2.88. The minimum absolute atomic E-state index is 0.251. The summed E-state index contributed by atoms with van der Waals surface area (Å²) in [6.07, 6.45) is 1.68. The van der Waals surface area contributed by atoms with Gasteiger partial charge in [-0.2, -0.15) is 0 Å². The molecule has 0 aliphatic carbocycles. The van der Waals surface area contributed by atoms with Crippen molar-refractivity contribution in [1.82, 2.24) is 10.2 Å². The Hall–Kier alpha value is -2.47. The number of thiophene rings is 1. The Morgan fingerprint density at radius 1 is 1.17 bits per heavy atom. The van der Waals surface area contributed by atoms with Crippen molar-refractivity contribution < 1.29 is 14.4 Å². The number of nitrogens with zero attached hydrogens (tertiary/aromatic N) is 1. The highest BCUT2D eigenvalue weighted by molar-refractivity contribution is 7.09. The van der Waals surface area contributed by atoms with Gasteiger partial charge in [0.15, 0.2) is 0 Å². The van der Waals surface area contributed by atoms with Gasteiger partial charge >= 0.3 is 0 Å². The molecule has 24 heavy (non-hydrogen) atoms. The van der Waals surface area contributed by atoms with E-state index in [0.29, 0.717) is 29.8 Å². The molecule has 0 unspecified atom stereocenters. The van der Waals surface area contributed by atoms with Gasteiger partial charge in [0, 0.05) is 17.0 Å². The minimum Gasteiger partial charge on any atom is -0.347 e. The van der Waals surface area contributed by atoms with E-state index in [2.05, 4.69) is 5.32 Å². The molecule has 1 aliphatic heterocycles. The summed E-state index contributed by atoms with van der Waals surface area (Å²) in [6, 6.07) is 8.56. The Kier molecular flexibility index (Phi) is 4.76. The number of amides is 3. The molecule has 0 bridgehead atoms. The van der Waals surface area contributed by atoms with E-state index in [4.69, 9.17) is 0 Å². The average Bonchev–Trinajstić information content (AvgIpc) is 3.19. The van der Waals surface area contributed by atoms with Crippen LogP contribution in [0.15, 0.2) is 35.7 Å². The summed E-state index contributed by atoms with van der Waals surface area (Å²) in [7, 11) is 0. The number of carbonyl (C=O) groups excluding carboxylic acids is 3. The fourth-order valence-corrected chi connectivity index (χ4v) is 3.28. The highest BCUT2D eigenvalue weighted by Crippen LogP contribution is 2.24. The highest BCUT2D eigenvalue weighted by atomic mass is 32.1. The third-order valence-corrected chi connectivity index (χ3v) is 4.85. The van der Waals surface area contributed by atoms with E-state index in [1.54, 1.807) is 23.5 Å². The van der Waals surface area contributed by atoms with E-state index in [0.717, 1.165) is 17.7 Å². The number of unbranched alkanes of at least 4 members (excludes halogenated alkanes) is 1. The summed E-state index contributed by atoms with van der Waals surface area (Å²) >= 11 is 1.57. The molecule has 1 N–H and O–H groups in total. The predicted octanol–water partition coefficient (Wildman–Crippen LogP) is 3.07. The zero-order valence-electron chi connectivity index (χ0n) is 13.4. The van der Waals surface area contributed by atoms with Gasteiger partial charge in [0.25, 0.3) is 17.7 Å². The maximum Gasteiger partial charge on any atom is 0.261 e. The number of carbonyl (C=O) groups is 3. The number of hydrogen-bond acceptors (Lipinski definition) is 4. The van der Waals surface area contributed by atoms with Crippen LogP contribution < -0.4 is 5.32 Å². The molecule has 3 amide bonds. The largest absolute Gasteiger partial charge is 0.347 e. The molecule has 6 heteroatoms. The molecule has 0 radical (unpaired) electrons. The first-order valence-electron chi connectivity index (χ1n) is 7.92. The smallest absolute Gasteiger partial charge is 0.261 e. The van der Waals surface area contributed by atoms with Gasteiger partial charge in [-0.05, 0) is 36.1 Å². The van der Waals surface area contributed by atoms with Crippen molar-refractivity contribution in [3.8, 4) is 0 Å². The van der Waals surface area contributed by atoms with E-state index >= 15 is 0 Å². The summed E-state index contributed by atoms with van der Waals surface area (Å²) in [5, 5.41) is 4.78. The molecule has 0 saturated carbocycles. The Bertz CT molecular complexity index is 784. The lowest BCUT2D eigenvalue weighted by Crippen LogP contribution is -2.30. The normalized spacial score (nSPS) is 13.3. The third kappa shape index (κ3) is 3.10. The number of imide groups is 1. The van der Waals surface area contributed by atoms with Crippen LogP contribution >= 0.6 is 11.3 Å². The van der Waals surface area contributed by atoms with Crippen LogP contribution in [0.2, 0.25) is 0 Å². The van der Waals surface area contributed by atoms with Gasteiger partial charge in [0.1, 0.15) is 0 Å². The van der Waals surface area contributed by atoms with Crippen molar-refractivity contribution in [2.75, 3.05) is 6.54 Å². The lowest BCUT2D eigenvalue weighted by atomic mass is 10.1. The van der Waals surface area contributed by atoms with Crippen LogP contribution in [0.3, 0.4) is 0 Å². The summed E-state index contributed by atoms with van der Waals surface area (Å²) in [5.74, 6) is -0.830. The van der Waals surface area contributed by atoms with Crippen LogP contribution in [-0.4, -0.2) is 29.2 Å². The zero-order chi connectivity index (χ0) is 17.1. The quantitative estimate of drug-likeness (QED) is 0.821. The number of benzene rings is 1. The van der Waals surface area contributed by atoms with Gasteiger partial charge < -0.3 is 5.32 Å². The Morgan fingerprint density at radius 2 is 1.96 bits per heavy atom. The van der Waals surface area contributed by atoms with Crippen molar-refractivity contribution in [2.45, 2.75) is 26.3 Å². The maximum atomic E-state index is 12.4. The van der Waals surface area contributed by atoms with Crippen molar-refractivity contribution in [3.05, 3.63) is 57.3 Å². The van der Waals surface area contributed by atoms with Gasteiger partial charge in [-0.1, -0.05) is 19.4 Å². The van der Waals surface area contributed by atoms with Crippen molar-refractivity contribution >= 4 is 29.1 Å². The van der Waals surface area contributed by atoms with Crippen LogP contribution in [0.25, 0.3) is 0 Å². The van der Waals surface area contributed by atoms with Gasteiger partial charge in [-0.3, -0.25) is 19.3 Å². The molecule has 2 aromatic rings. The summed E-state index contributed by atoms with van der Waals surface area (Å²) < 4.78 is 0. The van der Waals surface area contributed by atoms with Crippen LogP contribution in [0.4, 0.5) is 0 Å². The van der Waals surface area contributed by atoms with E-state index in [1.165, 1.54) is 11.0 Å². The molecule has 3 rings (SSSR count). The van der Waals surface area contributed by atoms with Gasteiger partial charge in [-0.15, -0.1) is 11.3 Å². The molecule has 0 atom stereocenters. The fourth-order valence-electron chi connectivity index (χ4n) is 2.63. The molecular weight excluding hydrogens is 324 g/mol. The van der Waals surface area contributed by atoms with Crippen molar-refractivity contribution in [3.63, 3.8) is 0 Å². The molecule has 0 spiro atoms. The molecule has 2 heterocycles. The molecule has 1 aromatic heterocycles. The van der Waals surface area contributed by atoms with E-state index < -0.39 is 0 Å². The van der Waals surface area contributed by atoms with Gasteiger partial charge in [-0.25, -0.2) is 0 Å². The van der Waals surface area contributed by atoms with Crippen LogP contribution in [0.1, 0.15) is 55.7 Å². The Balaban J connectivity index is 1.75. The molecule has 1 aliphatic rings. The van der Waals surface area contributed by atoms with Crippen LogP contribution in [0, 0.1) is 0 Å². The first kappa shape index (κ1) is 16.4.